The van der Waals surface area contributed by atoms with Gasteiger partial charge in [-0.3, -0.25) is 9.59 Å². The van der Waals surface area contributed by atoms with Gasteiger partial charge in [0.05, 0.1) is 13.0 Å². The van der Waals surface area contributed by atoms with Gasteiger partial charge in [-0.1, -0.05) is 24.3 Å². The first kappa shape index (κ1) is 18.8. The number of amides is 2. The Morgan fingerprint density at radius 1 is 1.00 bits per heavy atom. The maximum absolute atomic E-state index is 12.4. The Kier molecular flexibility index (Phi) is 6.30. The molecule has 0 radical (unpaired) electrons. The minimum Gasteiger partial charge on any atom is -0.493 e. The van der Waals surface area contributed by atoms with Crippen molar-refractivity contribution in [2.75, 3.05) is 43.0 Å². The summed E-state index contributed by atoms with van der Waals surface area (Å²) in [5.74, 6) is 0.826. The monoisotopic (exact) mass is 367 g/mol. The summed E-state index contributed by atoms with van der Waals surface area (Å²) in [5.41, 5.74) is 1.84. The second-order valence-electron chi connectivity index (χ2n) is 6.51. The molecule has 2 amide bonds. The molecule has 27 heavy (non-hydrogen) atoms. The van der Waals surface area contributed by atoms with E-state index in [1.165, 1.54) is 6.92 Å². The SMILES string of the molecule is CC(=O)Nc1cccc(N2CCN(C(=O)CCOc3ccccc3)CC2)c1. The average molecular weight is 367 g/mol. The van der Waals surface area contributed by atoms with Gasteiger partial charge in [0.1, 0.15) is 5.75 Å². The summed E-state index contributed by atoms with van der Waals surface area (Å²) in [6, 6.07) is 17.3. The van der Waals surface area contributed by atoms with Gasteiger partial charge in [-0.15, -0.1) is 0 Å². The van der Waals surface area contributed by atoms with Gasteiger partial charge in [0.25, 0.3) is 0 Å². The quantitative estimate of drug-likeness (QED) is 0.853. The second-order valence-corrected chi connectivity index (χ2v) is 6.51. The zero-order valence-electron chi connectivity index (χ0n) is 15.6. The van der Waals surface area contributed by atoms with E-state index in [0.717, 1.165) is 30.2 Å². The van der Waals surface area contributed by atoms with E-state index in [9.17, 15) is 9.59 Å². The van der Waals surface area contributed by atoms with Crippen LogP contribution in [0, 0.1) is 0 Å². The van der Waals surface area contributed by atoms with Gasteiger partial charge in [-0.2, -0.15) is 0 Å². The molecule has 1 saturated heterocycles. The van der Waals surface area contributed by atoms with Crippen molar-refractivity contribution in [3.05, 3.63) is 54.6 Å². The number of para-hydroxylation sites is 1. The third kappa shape index (κ3) is 5.48. The van der Waals surface area contributed by atoms with Crippen LogP contribution in [0.3, 0.4) is 0 Å². The Labute approximate surface area is 159 Å². The number of ether oxygens (including phenoxy) is 1. The molecule has 0 saturated carbocycles. The molecule has 0 aromatic heterocycles. The molecule has 0 spiro atoms. The number of hydrogen-bond acceptors (Lipinski definition) is 4. The molecule has 0 unspecified atom stereocenters. The Bertz CT molecular complexity index is 771. The number of nitrogens with zero attached hydrogens (tertiary/aromatic N) is 2. The zero-order chi connectivity index (χ0) is 19.1. The third-order valence-corrected chi connectivity index (χ3v) is 4.49. The number of benzene rings is 2. The largest absolute Gasteiger partial charge is 0.493 e. The predicted molar refractivity (Wildman–Crippen MR) is 106 cm³/mol. The van der Waals surface area contributed by atoms with Gasteiger partial charge in [0.15, 0.2) is 0 Å². The smallest absolute Gasteiger partial charge is 0.226 e. The highest BCUT2D eigenvalue weighted by molar-refractivity contribution is 5.89. The molecule has 1 aliphatic heterocycles. The lowest BCUT2D eigenvalue weighted by atomic mass is 10.2. The van der Waals surface area contributed by atoms with E-state index in [0.29, 0.717) is 26.1 Å². The summed E-state index contributed by atoms with van der Waals surface area (Å²) in [7, 11) is 0. The van der Waals surface area contributed by atoms with Crippen molar-refractivity contribution in [3.8, 4) is 5.75 Å². The Morgan fingerprint density at radius 3 is 2.44 bits per heavy atom. The van der Waals surface area contributed by atoms with Crippen molar-refractivity contribution in [3.63, 3.8) is 0 Å². The Balaban J connectivity index is 1.45. The van der Waals surface area contributed by atoms with Gasteiger partial charge in [-0.25, -0.2) is 0 Å². The number of hydrogen-bond donors (Lipinski definition) is 1. The van der Waals surface area contributed by atoms with Gasteiger partial charge >= 0.3 is 0 Å². The summed E-state index contributed by atoms with van der Waals surface area (Å²) < 4.78 is 5.61. The molecule has 1 fully saturated rings. The fourth-order valence-electron chi connectivity index (χ4n) is 3.13. The highest BCUT2D eigenvalue weighted by atomic mass is 16.5. The van der Waals surface area contributed by atoms with Gasteiger partial charge in [-0.05, 0) is 30.3 Å². The third-order valence-electron chi connectivity index (χ3n) is 4.49. The molecule has 0 atom stereocenters. The molecule has 0 aliphatic carbocycles. The second kappa shape index (κ2) is 9.07. The number of nitrogens with one attached hydrogen (secondary N) is 1. The fraction of sp³-hybridized carbons (Fsp3) is 0.333. The molecule has 1 heterocycles. The summed E-state index contributed by atoms with van der Waals surface area (Å²) in [6.45, 7) is 4.81. The Hall–Kier alpha value is -3.02. The molecule has 1 N–H and O–H groups in total. The van der Waals surface area contributed by atoms with Crippen molar-refractivity contribution in [1.29, 1.82) is 0 Å². The molecule has 3 rings (SSSR count). The average Bonchev–Trinajstić information content (AvgIpc) is 2.68. The number of carbonyl (C=O) groups excluding carboxylic acids is 2. The van der Waals surface area contributed by atoms with Crippen molar-refractivity contribution in [2.24, 2.45) is 0 Å². The number of carbonyl (C=O) groups is 2. The number of anilines is 2. The summed E-state index contributed by atoms with van der Waals surface area (Å²) >= 11 is 0. The maximum Gasteiger partial charge on any atom is 0.226 e. The van der Waals surface area contributed by atoms with E-state index < -0.39 is 0 Å². The van der Waals surface area contributed by atoms with E-state index in [1.807, 2.05) is 59.5 Å². The van der Waals surface area contributed by atoms with Crippen molar-refractivity contribution in [2.45, 2.75) is 13.3 Å². The van der Waals surface area contributed by atoms with Gasteiger partial charge in [0.2, 0.25) is 11.8 Å². The fourth-order valence-corrected chi connectivity index (χ4v) is 3.13. The molecule has 6 heteroatoms. The lowest BCUT2D eigenvalue weighted by molar-refractivity contribution is -0.132. The minimum atomic E-state index is -0.0831. The lowest BCUT2D eigenvalue weighted by Gasteiger charge is -2.36. The van der Waals surface area contributed by atoms with Crippen LogP contribution in [0.4, 0.5) is 11.4 Å². The molecule has 2 aromatic carbocycles. The van der Waals surface area contributed by atoms with Crippen molar-refractivity contribution >= 4 is 23.2 Å². The molecule has 0 bridgehead atoms. The summed E-state index contributed by atoms with van der Waals surface area (Å²) in [4.78, 5) is 27.7. The van der Waals surface area contributed by atoms with Crippen LogP contribution in [0.1, 0.15) is 13.3 Å². The topological polar surface area (TPSA) is 61.9 Å². The minimum absolute atomic E-state index is 0.0831. The summed E-state index contributed by atoms with van der Waals surface area (Å²) in [6.07, 6.45) is 0.382. The zero-order valence-corrected chi connectivity index (χ0v) is 15.6. The molecule has 6 nitrogen and oxygen atoms in total. The van der Waals surface area contributed by atoms with E-state index >= 15 is 0 Å². The van der Waals surface area contributed by atoms with E-state index in [4.69, 9.17) is 4.74 Å². The van der Waals surface area contributed by atoms with Crippen molar-refractivity contribution < 1.29 is 14.3 Å². The van der Waals surface area contributed by atoms with Crippen molar-refractivity contribution in [1.82, 2.24) is 4.90 Å². The van der Waals surface area contributed by atoms with E-state index in [1.54, 1.807) is 0 Å². The number of rotatable bonds is 6. The first-order chi connectivity index (χ1) is 13.1. The van der Waals surface area contributed by atoms with Crippen LogP contribution in [0.2, 0.25) is 0 Å². The van der Waals surface area contributed by atoms with Crippen LogP contribution < -0.4 is 15.0 Å². The van der Waals surface area contributed by atoms with Crippen LogP contribution >= 0.6 is 0 Å². The van der Waals surface area contributed by atoms with Crippen LogP contribution in [0.15, 0.2) is 54.6 Å². The van der Waals surface area contributed by atoms with Crippen LogP contribution in [0.5, 0.6) is 5.75 Å². The van der Waals surface area contributed by atoms with Crippen LogP contribution in [0.25, 0.3) is 0 Å². The van der Waals surface area contributed by atoms with Gasteiger partial charge < -0.3 is 19.9 Å². The van der Waals surface area contributed by atoms with Gasteiger partial charge in [0, 0.05) is 44.5 Å². The van der Waals surface area contributed by atoms with Crippen LogP contribution in [-0.4, -0.2) is 49.5 Å². The van der Waals surface area contributed by atoms with Crippen LogP contribution in [-0.2, 0) is 9.59 Å². The predicted octanol–water partition coefficient (Wildman–Crippen LogP) is 2.76. The molecule has 1 aliphatic rings. The normalized spacial score (nSPS) is 14.0. The maximum atomic E-state index is 12.4. The summed E-state index contributed by atoms with van der Waals surface area (Å²) in [5, 5.41) is 2.80. The molecule has 142 valence electrons. The highest BCUT2D eigenvalue weighted by Crippen LogP contribution is 2.21. The Morgan fingerprint density at radius 2 is 1.74 bits per heavy atom. The van der Waals surface area contributed by atoms with E-state index in [2.05, 4.69) is 10.2 Å². The number of piperazine rings is 1. The van der Waals surface area contributed by atoms with E-state index in [-0.39, 0.29) is 11.8 Å². The lowest BCUT2D eigenvalue weighted by Crippen LogP contribution is -2.49. The first-order valence-corrected chi connectivity index (χ1v) is 9.20. The standard InChI is InChI=1S/C21H25N3O3/c1-17(25)22-18-6-5-7-19(16-18)23-11-13-24(14-12-23)21(26)10-15-27-20-8-3-2-4-9-20/h2-9,16H,10-15H2,1H3,(H,22,25). The molecule has 2 aromatic rings. The highest BCUT2D eigenvalue weighted by Gasteiger charge is 2.21. The molecular weight excluding hydrogens is 342 g/mol. The molecular formula is C21H25N3O3. The first-order valence-electron chi connectivity index (χ1n) is 9.20.